The average molecular weight is 964 g/mol. The molecule has 3 N–H and O–H groups in total. The van der Waals surface area contributed by atoms with E-state index in [4.69, 9.17) is 24.3 Å². The molecule has 0 bridgehead atoms. The Morgan fingerprint density at radius 1 is 0.441 bits per heavy atom. The molecule has 386 valence electrons. The largest absolute Gasteiger partial charge is 0.472 e. The lowest BCUT2D eigenvalue weighted by Gasteiger charge is -2.20. The Morgan fingerprint density at radius 3 is 1.16 bits per heavy atom. The minimum absolute atomic E-state index is 0.0880. The highest BCUT2D eigenvalue weighted by molar-refractivity contribution is 7.47. The number of rotatable bonds is 49. The number of phosphoric ester groups is 1. The smallest absolute Gasteiger partial charge is 0.457 e. The molecule has 0 aromatic rings. The van der Waals surface area contributed by atoms with E-state index < -0.39 is 13.9 Å². The number of phosphoric acid groups is 1. The topological polar surface area (TPSA) is 117 Å². The molecule has 0 rings (SSSR count). The summed E-state index contributed by atoms with van der Waals surface area (Å²) in [5, 5.41) is 0. The number of hydrogen-bond acceptors (Lipinski definition) is 7. The van der Waals surface area contributed by atoms with E-state index >= 15 is 0 Å². The fourth-order valence-corrected chi connectivity index (χ4v) is 7.50. The molecule has 0 saturated carbocycles. The summed E-state index contributed by atoms with van der Waals surface area (Å²) in [5.41, 5.74) is 5.39. The van der Waals surface area contributed by atoms with Gasteiger partial charge in [-0.1, -0.05) is 212 Å². The molecule has 0 heterocycles. The first-order valence-electron chi connectivity index (χ1n) is 26.7. The molecule has 68 heavy (non-hydrogen) atoms. The zero-order chi connectivity index (χ0) is 49.4. The summed E-state index contributed by atoms with van der Waals surface area (Å²) in [6, 6.07) is 0. The number of carbonyl (C=O) groups excluding carboxylic acids is 1. The molecule has 0 aliphatic rings. The molecule has 2 unspecified atom stereocenters. The summed E-state index contributed by atoms with van der Waals surface area (Å²) in [5.74, 6) is -0.353. The monoisotopic (exact) mass is 964 g/mol. The van der Waals surface area contributed by atoms with Crippen molar-refractivity contribution in [1.29, 1.82) is 0 Å². The lowest BCUT2D eigenvalue weighted by molar-refractivity contribution is -0.154. The van der Waals surface area contributed by atoms with E-state index in [1.807, 2.05) is 0 Å². The molecule has 0 saturated heterocycles. The second-order valence-corrected chi connectivity index (χ2v) is 18.4. The van der Waals surface area contributed by atoms with Gasteiger partial charge in [-0.3, -0.25) is 13.8 Å². The second-order valence-electron chi connectivity index (χ2n) is 17.0. The Bertz CT molecular complexity index is 1500. The maximum absolute atomic E-state index is 12.7. The predicted octanol–water partition coefficient (Wildman–Crippen LogP) is 17.1. The van der Waals surface area contributed by atoms with Crippen LogP contribution in [0.4, 0.5) is 0 Å². The van der Waals surface area contributed by atoms with Crippen LogP contribution in [0.15, 0.2) is 134 Å². The van der Waals surface area contributed by atoms with Crippen LogP contribution in [0.5, 0.6) is 0 Å². The van der Waals surface area contributed by atoms with E-state index in [-0.39, 0.29) is 32.3 Å². The third-order valence-corrected chi connectivity index (χ3v) is 11.5. The van der Waals surface area contributed by atoms with Crippen molar-refractivity contribution in [1.82, 2.24) is 0 Å². The maximum Gasteiger partial charge on any atom is 0.472 e. The van der Waals surface area contributed by atoms with Gasteiger partial charge in [0, 0.05) is 19.6 Å². The van der Waals surface area contributed by atoms with Crippen molar-refractivity contribution in [3.8, 4) is 0 Å². The van der Waals surface area contributed by atoms with E-state index in [0.29, 0.717) is 13.0 Å². The van der Waals surface area contributed by atoms with E-state index in [0.717, 1.165) is 128 Å². The van der Waals surface area contributed by atoms with Gasteiger partial charge in [-0.25, -0.2) is 4.57 Å². The molecular formula is C59H98NO7P. The van der Waals surface area contributed by atoms with Crippen molar-refractivity contribution in [2.75, 3.05) is 33.0 Å². The standard InChI is InChI=1S/C59H98NO7P/c1-3-5-7-9-11-13-15-17-19-21-23-25-27-29-30-32-34-36-38-40-42-44-46-48-50-52-59(61)67-58(57-66-68(62,63)65-55-53-60)56-64-54-51-49-47-45-43-41-39-37-35-33-31-28-26-24-22-20-18-16-14-12-10-8-6-4-2/h5-8,11-14,17-20,23-26,29-31,33-34,36,58H,3-4,9-10,15-16,21-22,27-28,32,35,37-57,60H2,1-2H3,(H,62,63)/b7-5-,8-6-,13-11-,14-12-,19-17-,20-18-,25-23-,26-24-,30-29-,33-31-,36-34-. The molecule has 0 aromatic heterocycles. The number of hydrogen-bond donors (Lipinski definition) is 2. The van der Waals surface area contributed by atoms with E-state index in [9.17, 15) is 14.3 Å². The van der Waals surface area contributed by atoms with Gasteiger partial charge in [0.25, 0.3) is 0 Å². The third-order valence-electron chi connectivity index (χ3n) is 10.6. The normalized spacial score (nSPS) is 14.4. The van der Waals surface area contributed by atoms with Gasteiger partial charge in [0.1, 0.15) is 6.10 Å². The van der Waals surface area contributed by atoms with Gasteiger partial charge in [-0.15, -0.1) is 0 Å². The van der Waals surface area contributed by atoms with Gasteiger partial charge < -0.3 is 20.1 Å². The average Bonchev–Trinajstić information content (AvgIpc) is 3.33. The fourth-order valence-electron chi connectivity index (χ4n) is 6.73. The highest BCUT2D eigenvalue weighted by Gasteiger charge is 2.25. The van der Waals surface area contributed by atoms with Crippen LogP contribution in [0.25, 0.3) is 0 Å². The number of carbonyl (C=O) groups is 1. The van der Waals surface area contributed by atoms with Crippen molar-refractivity contribution in [2.45, 2.75) is 200 Å². The number of nitrogens with two attached hydrogens (primary N) is 1. The van der Waals surface area contributed by atoms with E-state index in [1.165, 1.54) is 44.9 Å². The number of ether oxygens (including phenoxy) is 2. The van der Waals surface area contributed by atoms with Crippen molar-refractivity contribution >= 4 is 13.8 Å². The van der Waals surface area contributed by atoms with Crippen molar-refractivity contribution in [3.63, 3.8) is 0 Å². The Balaban J connectivity index is 4.04. The summed E-state index contributed by atoms with van der Waals surface area (Å²) < 4.78 is 33.6. The SMILES string of the molecule is CC/C=C\C/C=C\C/C=C\C/C=C\C/C=C\C/C=C\CCCCCCCCC(=O)OC(COCCCCCCCCCC/C=C\C/C=C\C/C=C\C/C=C\C/C=C\CC)COP(=O)(O)OCCN. The lowest BCUT2D eigenvalue weighted by Crippen LogP contribution is -2.28. The molecule has 8 nitrogen and oxygen atoms in total. The van der Waals surface area contributed by atoms with Crippen LogP contribution in [-0.2, 0) is 27.9 Å². The van der Waals surface area contributed by atoms with E-state index in [2.05, 4.69) is 148 Å². The zero-order valence-corrected chi connectivity index (χ0v) is 43.9. The predicted molar refractivity (Wildman–Crippen MR) is 293 cm³/mol. The lowest BCUT2D eigenvalue weighted by atomic mass is 10.1. The van der Waals surface area contributed by atoms with Gasteiger partial charge >= 0.3 is 13.8 Å². The molecule has 0 amide bonds. The van der Waals surface area contributed by atoms with Crippen LogP contribution in [0.3, 0.4) is 0 Å². The minimum Gasteiger partial charge on any atom is -0.457 e. The van der Waals surface area contributed by atoms with Gasteiger partial charge in [0.2, 0.25) is 0 Å². The summed E-state index contributed by atoms with van der Waals surface area (Å²) >= 11 is 0. The number of esters is 1. The molecule has 2 atom stereocenters. The highest BCUT2D eigenvalue weighted by Crippen LogP contribution is 2.43. The molecule has 0 fully saturated rings. The van der Waals surface area contributed by atoms with Crippen LogP contribution < -0.4 is 5.73 Å². The Hall–Kier alpha value is -3.36. The van der Waals surface area contributed by atoms with Gasteiger partial charge in [0.05, 0.1) is 19.8 Å². The van der Waals surface area contributed by atoms with Crippen LogP contribution in [0.1, 0.15) is 194 Å². The molecule has 0 aliphatic heterocycles. The molecule has 0 aliphatic carbocycles. The Morgan fingerprint density at radius 2 is 0.779 bits per heavy atom. The second kappa shape index (κ2) is 54.6. The quantitative estimate of drug-likeness (QED) is 0.0268. The first kappa shape index (κ1) is 64.6. The van der Waals surface area contributed by atoms with Crippen LogP contribution >= 0.6 is 7.82 Å². The Labute approximate surface area is 417 Å². The third kappa shape index (κ3) is 53.6. The summed E-state index contributed by atoms with van der Waals surface area (Å²) in [7, 11) is -4.30. The van der Waals surface area contributed by atoms with Gasteiger partial charge in [-0.05, 0) is 109 Å². The minimum atomic E-state index is -4.30. The molecule has 0 radical (unpaired) electrons. The zero-order valence-electron chi connectivity index (χ0n) is 43.0. The van der Waals surface area contributed by atoms with Crippen LogP contribution in [-0.4, -0.2) is 49.9 Å². The summed E-state index contributed by atoms with van der Waals surface area (Å²) in [6.45, 7) is 4.63. The highest BCUT2D eigenvalue weighted by atomic mass is 31.2. The van der Waals surface area contributed by atoms with Crippen molar-refractivity contribution in [2.24, 2.45) is 5.73 Å². The van der Waals surface area contributed by atoms with Crippen molar-refractivity contribution < 1.29 is 32.8 Å². The van der Waals surface area contributed by atoms with Crippen molar-refractivity contribution in [3.05, 3.63) is 134 Å². The number of allylic oxidation sites excluding steroid dienone is 22. The number of unbranched alkanes of at least 4 members (excludes halogenated alkanes) is 14. The fraction of sp³-hybridized carbons (Fsp3) is 0.610. The summed E-state index contributed by atoms with van der Waals surface area (Å²) in [6.07, 6.45) is 77.7. The molecule has 9 heteroatoms. The molecule has 0 aromatic carbocycles. The van der Waals surface area contributed by atoms with Crippen LogP contribution in [0.2, 0.25) is 0 Å². The first-order chi connectivity index (χ1) is 33.4. The maximum atomic E-state index is 12.7. The first-order valence-corrected chi connectivity index (χ1v) is 28.2. The van der Waals surface area contributed by atoms with Crippen LogP contribution in [0, 0.1) is 0 Å². The molecule has 0 spiro atoms. The summed E-state index contributed by atoms with van der Waals surface area (Å²) in [4.78, 5) is 22.6. The molecular weight excluding hydrogens is 866 g/mol. The van der Waals surface area contributed by atoms with E-state index in [1.54, 1.807) is 0 Å². The van der Waals surface area contributed by atoms with Gasteiger partial charge in [0.15, 0.2) is 0 Å². The Kier molecular flexibility index (Phi) is 51.9. The van der Waals surface area contributed by atoms with Gasteiger partial charge in [-0.2, -0.15) is 0 Å².